The number of nitrogens with zero attached hydrogens (tertiary/aromatic N) is 1. The van der Waals surface area contributed by atoms with E-state index in [4.69, 9.17) is 9.52 Å². The van der Waals surface area contributed by atoms with Gasteiger partial charge in [0.05, 0.1) is 17.7 Å². The van der Waals surface area contributed by atoms with Crippen molar-refractivity contribution in [1.29, 1.82) is 0 Å². The summed E-state index contributed by atoms with van der Waals surface area (Å²) in [6.45, 7) is 0. The molecule has 0 saturated heterocycles. The molecule has 0 aliphatic heterocycles. The summed E-state index contributed by atoms with van der Waals surface area (Å²) in [6, 6.07) is 4.59. The Hall–Kier alpha value is -2.57. The second-order valence-electron chi connectivity index (χ2n) is 4.20. The molecule has 0 unspecified atom stereocenters. The van der Waals surface area contributed by atoms with Crippen molar-refractivity contribution in [3.8, 4) is 0 Å². The highest BCUT2D eigenvalue weighted by Gasteiger charge is 2.29. The molecule has 0 spiro atoms. The van der Waals surface area contributed by atoms with Crippen LogP contribution in [0, 0.1) is 0 Å². The van der Waals surface area contributed by atoms with E-state index in [1.165, 1.54) is 30.5 Å². The molecule has 0 aliphatic carbocycles. The molecule has 2 aromatic rings. The van der Waals surface area contributed by atoms with Crippen molar-refractivity contribution in [3.05, 3.63) is 53.2 Å². The van der Waals surface area contributed by atoms with Gasteiger partial charge in [-0.15, -0.1) is 0 Å². The van der Waals surface area contributed by atoms with Crippen LogP contribution in [0.2, 0.25) is 0 Å². The molecule has 0 aliphatic rings. The second-order valence-corrected chi connectivity index (χ2v) is 4.20. The van der Waals surface area contributed by atoms with Crippen LogP contribution in [0.15, 0.2) is 34.9 Å². The standard InChI is InChI=1S/C14H10F3NO3/c15-14(16,17)10-4-1-9(2-5-10)3-6-12-18-11(8-21-12)7-13(19)20/h1-6,8H,7H2,(H,19,20)/b6-3+. The monoisotopic (exact) mass is 297 g/mol. The average Bonchev–Trinajstić information content (AvgIpc) is 2.82. The molecule has 0 amide bonds. The highest BCUT2D eigenvalue weighted by molar-refractivity contribution is 5.70. The fraction of sp³-hybridized carbons (Fsp3) is 0.143. The Balaban J connectivity index is 2.07. The van der Waals surface area contributed by atoms with Gasteiger partial charge in [-0.25, -0.2) is 4.98 Å². The van der Waals surface area contributed by atoms with E-state index in [2.05, 4.69) is 4.98 Å². The molecule has 4 nitrogen and oxygen atoms in total. The van der Waals surface area contributed by atoms with Gasteiger partial charge in [0.15, 0.2) is 0 Å². The van der Waals surface area contributed by atoms with Gasteiger partial charge in [0.25, 0.3) is 0 Å². The van der Waals surface area contributed by atoms with Crippen LogP contribution in [0.5, 0.6) is 0 Å². The van der Waals surface area contributed by atoms with Crippen molar-refractivity contribution in [2.75, 3.05) is 0 Å². The maximum Gasteiger partial charge on any atom is 0.416 e. The third-order valence-electron chi connectivity index (χ3n) is 2.56. The second kappa shape index (κ2) is 5.82. The zero-order valence-electron chi connectivity index (χ0n) is 10.6. The van der Waals surface area contributed by atoms with Gasteiger partial charge in [0.2, 0.25) is 5.89 Å². The Bertz CT molecular complexity index is 657. The van der Waals surface area contributed by atoms with Crippen LogP contribution in [0.1, 0.15) is 22.7 Å². The first-order valence-electron chi connectivity index (χ1n) is 5.86. The van der Waals surface area contributed by atoms with Crippen LogP contribution in [-0.2, 0) is 17.4 Å². The topological polar surface area (TPSA) is 63.3 Å². The van der Waals surface area contributed by atoms with Gasteiger partial charge in [-0.2, -0.15) is 13.2 Å². The van der Waals surface area contributed by atoms with E-state index in [0.29, 0.717) is 5.56 Å². The number of halogens is 3. The number of aromatic nitrogens is 1. The van der Waals surface area contributed by atoms with Crippen LogP contribution in [0.4, 0.5) is 13.2 Å². The summed E-state index contributed by atoms with van der Waals surface area (Å²) in [6.07, 6.45) is -0.417. The average molecular weight is 297 g/mol. The Morgan fingerprint density at radius 3 is 2.48 bits per heavy atom. The summed E-state index contributed by atoms with van der Waals surface area (Å²) >= 11 is 0. The number of hydrogen-bond donors (Lipinski definition) is 1. The molecular weight excluding hydrogens is 287 g/mol. The van der Waals surface area contributed by atoms with E-state index in [1.807, 2.05) is 0 Å². The smallest absolute Gasteiger partial charge is 0.416 e. The molecule has 0 bridgehead atoms. The Labute approximate surface area is 117 Å². The first-order chi connectivity index (χ1) is 9.84. The molecule has 1 aromatic heterocycles. The molecule has 0 fully saturated rings. The third-order valence-corrected chi connectivity index (χ3v) is 2.56. The maximum atomic E-state index is 12.4. The molecule has 2 rings (SSSR count). The number of aliphatic carboxylic acids is 1. The predicted molar refractivity (Wildman–Crippen MR) is 68.2 cm³/mol. The van der Waals surface area contributed by atoms with Crippen LogP contribution in [0.3, 0.4) is 0 Å². The third kappa shape index (κ3) is 4.20. The maximum absolute atomic E-state index is 12.4. The van der Waals surface area contributed by atoms with Gasteiger partial charge in [-0.05, 0) is 23.8 Å². The lowest BCUT2D eigenvalue weighted by atomic mass is 10.1. The minimum Gasteiger partial charge on any atom is -0.481 e. The number of rotatable bonds is 4. The summed E-state index contributed by atoms with van der Waals surface area (Å²) in [5, 5.41) is 8.58. The molecule has 0 saturated carbocycles. The largest absolute Gasteiger partial charge is 0.481 e. The van der Waals surface area contributed by atoms with Crippen molar-refractivity contribution in [3.63, 3.8) is 0 Å². The lowest BCUT2D eigenvalue weighted by Gasteiger charge is -2.05. The molecule has 1 aromatic carbocycles. The number of carboxylic acids is 1. The fourth-order valence-corrected chi connectivity index (χ4v) is 1.59. The van der Waals surface area contributed by atoms with Crippen LogP contribution < -0.4 is 0 Å². The number of alkyl halides is 3. The molecule has 110 valence electrons. The molecule has 1 N–H and O–H groups in total. The van der Waals surface area contributed by atoms with Crippen LogP contribution in [0.25, 0.3) is 12.2 Å². The fourth-order valence-electron chi connectivity index (χ4n) is 1.59. The lowest BCUT2D eigenvalue weighted by Crippen LogP contribution is -2.03. The highest BCUT2D eigenvalue weighted by Crippen LogP contribution is 2.29. The molecule has 0 radical (unpaired) electrons. The van der Waals surface area contributed by atoms with Gasteiger partial charge >= 0.3 is 12.1 Å². The predicted octanol–water partition coefficient (Wildman–Crippen LogP) is 3.49. The van der Waals surface area contributed by atoms with Crippen molar-refractivity contribution >= 4 is 18.1 Å². The van der Waals surface area contributed by atoms with E-state index in [0.717, 1.165) is 12.1 Å². The Morgan fingerprint density at radius 1 is 1.24 bits per heavy atom. The Morgan fingerprint density at radius 2 is 1.90 bits per heavy atom. The highest BCUT2D eigenvalue weighted by atomic mass is 19.4. The van der Waals surface area contributed by atoms with Gasteiger partial charge in [0.1, 0.15) is 6.26 Å². The molecule has 1 heterocycles. The molecule has 21 heavy (non-hydrogen) atoms. The minimum absolute atomic E-state index is 0.186. The van der Waals surface area contributed by atoms with Crippen LogP contribution >= 0.6 is 0 Å². The number of oxazole rings is 1. The van der Waals surface area contributed by atoms with Crippen molar-refractivity contribution < 1.29 is 27.5 Å². The van der Waals surface area contributed by atoms with Gasteiger partial charge in [0, 0.05) is 6.08 Å². The van der Waals surface area contributed by atoms with Crippen molar-refractivity contribution in [2.24, 2.45) is 0 Å². The first kappa shape index (κ1) is 14.8. The van der Waals surface area contributed by atoms with Gasteiger partial charge in [-0.1, -0.05) is 12.1 Å². The SMILES string of the molecule is O=C(O)Cc1coc(/C=C/c2ccc(C(F)(F)F)cc2)n1. The van der Waals surface area contributed by atoms with Crippen LogP contribution in [-0.4, -0.2) is 16.1 Å². The van der Waals surface area contributed by atoms with Crippen molar-refractivity contribution in [1.82, 2.24) is 4.98 Å². The summed E-state index contributed by atoms with van der Waals surface area (Å²) in [5.74, 6) is -0.840. The summed E-state index contributed by atoms with van der Waals surface area (Å²) < 4.78 is 42.2. The van der Waals surface area contributed by atoms with E-state index in [-0.39, 0.29) is 18.0 Å². The number of carbonyl (C=O) groups is 1. The molecule has 0 atom stereocenters. The normalized spacial score (nSPS) is 12.0. The van der Waals surface area contributed by atoms with E-state index in [9.17, 15) is 18.0 Å². The zero-order valence-corrected chi connectivity index (χ0v) is 10.6. The van der Waals surface area contributed by atoms with Crippen molar-refractivity contribution in [2.45, 2.75) is 12.6 Å². The Kier molecular flexibility index (Phi) is 4.11. The lowest BCUT2D eigenvalue weighted by molar-refractivity contribution is -0.138. The number of hydrogen-bond acceptors (Lipinski definition) is 3. The minimum atomic E-state index is -4.36. The molecule has 7 heteroatoms. The summed E-state index contributed by atoms with van der Waals surface area (Å²) in [4.78, 5) is 14.4. The van der Waals surface area contributed by atoms with E-state index in [1.54, 1.807) is 0 Å². The first-order valence-corrected chi connectivity index (χ1v) is 5.86. The van der Waals surface area contributed by atoms with Gasteiger partial charge < -0.3 is 9.52 Å². The molecular formula is C14H10F3NO3. The number of benzene rings is 1. The zero-order chi connectivity index (χ0) is 15.5. The quantitative estimate of drug-likeness (QED) is 0.938. The van der Waals surface area contributed by atoms with E-state index < -0.39 is 17.7 Å². The van der Waals surface area contributed by atoms with E-state index >= 15 is 0 Å². The summed E-state index contributed by atoms with van der Waals surface area (Å²) in [7, 11) is 0. The number of carboxylic acid groups (broad SMARTS) is 1. The van der Waals surface area contributed by atoms with Gasteiger partial charge in [-0.3, -0.25) is 4.79 Å². The summed E-state index contributed by atoms with van der Waals surface area (Å²) in [5.41, 5.74) is 0.0927.